The molecule has 2 heterocycles. The maximum Gasteiger partial charge on any atom is 0.238 e. The number of hydrogen-bond acceptors (Lipinski definition) is 5. The lowest BCUT2D eigenvalue weighted by atomic mass is 10.0. The fourth-order valence-corrected chi connectivity index (χ4v) is 3.68. The SMILES string of the molecule is CCc1c(C)nn(CCNC(=O)C2CC(c3cccc(OC)c3)NN2)c1C. The molecule has 0 saturated carbocycles. The highest BCUT2D eigenvalue weighted by molar-refractivity contribution is 5.82. The van der Waals surface area contributed by atoms with Crippen LogP contribution in [0.3, 0.4) is 0 Å². The summed E-state index contributed by atoms with van der Waals surface area (Å²) < 4.78 is 7.26. The Morgan fingerprint density at radius 2 is 2.19 bits per heavy atom. The van der Waals surface area contributed by atoms with Crippen LogP contribution in [0.1, 0.15) is 41.9 Å². The summed E-state index contributed by atoms with van der Waals surface area (Å²) in [5.74, 6) is 0.823. The number of aromatic nitrogens is 2. The summed E-state index contributed by atoms with van der Waals surface area (Å²) in [6.45, 7) is 7.50. The van der Waals surface area contributed by atoms with Gasteiger partial charge in [0.25, 0.3) is 0 Å². The molecule has 7 heteroatoms. The van der Waals surface area contributed by atoms with Gasteiger partial charge in [-0.25, -0.2) is 10.9 Å². The van der Waals surface area contributed by atoms with Gasteiger partial charge in [-0.2, -0.15) is 5.10 Å². The van der Waals surface area contributed by atoms with E-state index in [4.69, 9.17) is 4.74 Å². The molecule has 2 unspecified atom stereocenters. The molecule has 0 spiro atoms. The zero-order chi connectivity index (χ0) is 19.4. The fraction of sp³-hybridized carbons (Fsp3) is 0.500. The second kappa shape index (κ2) is 8.54. The summed E-state index contributed by atoms with van der Waals surface area (Å²) in [5, 5.41) is 7.58. The third kappa shape index (κ3) is 4.31. The van der Waals surface area contributed by atoms with Crippen molar-refractivity contribution in [1.29, 1.82) is 0 Å². The molecule has 2 atom stereocenters. The Kier molecular flexibility index (Phi) is 6.13. The first-order valence-electron chi connectivity index (χ1n) is 9.49. The minimum atomic E-state index is -0.257. The zero-order valence-corrected chi connectivity index (χ0v) is 16.5. The van der Waals surface area contributed by atoms with Gasteiger partial charge in [-0.3, -0.25) is 9.48 Å². The lowest BCUT2D eigenvalue weighted by Gasteiger charge is -2.12. The Morgan fingerprint density at radius 3 is 2.89 bits per heavy atom. The van der Waals surface area contributed by atoms with Crippen LogP contribution in [-0.4, -0.2) is 35.4 Å². The standard InChI is InChI=1S/C20H29N5O2/c1-5-17-13(2)24-25(14(17)3)10-9-21-20(26)19-12-18(22-23-19)15-7-6-8-16(11-15)27-4/h6-8,11,18-19,22-23H,5,9-10,12H2,1-4H3,(H,21,26). The number of nitrogens with zero attached hydrogens (tertiary/aromatic N) is 2. The highest BCUT2D eigenvalue weighted by atomic mass is 16.5. The molecule has 7 nitrogen and oxygen atoms in total. The van der Waals surface area contributed by atoms with Crippen LogP contribution >= 0.6 is 0 Å². The average Bonchev–Trinajstić information content (AvgIpc) is 3.27. The van der Waals surface area contributed by atoms with Gasteiger partial charge in [-0.05, 0) is 49.9 Å². The number of carbonyl (C=O) groups is 1. The predicted molar refractivity (Wildman–Crippen MR) is 105 cm³/mol. The number of carbonyl (C=O) groups excluding carboxylic acids is 1. The van der Waals surface area contributed by atoms with Crippen LogP contribution in [0, 0.1) is 13.8 Å². The average molecular weight is 371 g/mol. The summed E-state index contributed by atoms with van der Waals surface area (Å²) in [6, 6.07) is 7.73. The minimum Gasteiger partial charge on any atom is -0.497 e. The van der Waals surface area contributed by atoms with E-state index in [2.05, 4.69) is 35.1 Å². The molecule has 0 aliphatic carbocycles. The van der Waals surface area contributed by atoms with Crippen LogP contribution < -0.4 is 20.9 Å². The number of amides is 1. The Labute approximate surface area is 160 Å². The summed E-state index contributed by atoms with van der Waals surface area (Å²) in [6.07, 6.45) is 1.67. The quantitative estimate of drug-likeness (QED) is 0.692. The van der Waals surface area contributed by atoms with E-state index in [9.17, 15) is 4.79 Å². The normalized spacial score (nSPS) is 19.3. The summed E-state index contributed by atoms with van der Waals surface area (Å²) in [4.78, 5) is 12.5. The molecule has 3 rings (SSSR count). The molecule has 1 saturated heterocycles. The zero-order valence-electron chi connectivity index (χ0n) is 16.5. The number of hydrazine groups is 1. The highest BCUT2D eigenvalue weighted by Crippen LogP contribution is 2.25. The van der Waals surface area contributed by atoms with Gasteiger partial charge in [-0.1, -0.05) is 19.1 Å². The van der Waals surface area contributed by atoms with Crippen molar-refractivity contribution in [2.45, 2.75) is 52.2 Å². The van der Waals surface area contributed by atoms with E-state index in [1.165, 1.54) is 11.3 Å². The van der Waals surface area contributed by atoms with Gasteiger partial charge in [0.05, 0.1) is 19.3 Å². The van der Waals surface area contributed by atoms with Crippen LogP contribution in [-0.2, 0) is 17.8 Å². The van der Waals surface area contributed by atoms with E-state index in [0.29, 0.717) is 19.5 Å². The lowest BCUT2D eigenvalue weighted by molar-refractivity contribution is -0.122. The Bertz CT molecular complexity index is 802. The molecule has 3 N–H and O–H groups in total. The number of benzene rings is 1. The molecule has 0 bridgehead atoms. The van der Waals surface area contributed by atoms with E-state index in [0.717, 1.165) is 23.4 Å². The summed E-state index contributed by atoms with van der Waals surface area (Å²) in [7, 11) is 1.65. The van der Waals surface area contributed by atoms with E-state index in [1.54, 1.807) is 7.11 Å². The number of ether oxygens (including phenoxy) is 1. The van der Waals surface area contributed by atoms with Crippen LogP contribution in [0.15, 0.2) is 24.3 Å². The maximum absolute atomic E-state index is 12.5. The van der Waals surface area contributed by atoms with Gasteiger partial charge in [-0.15, -0.1) is 0 Å². The van der Waals surface area contributed by atoms with Crippen molar-refractivity contribution < 1.29 is 9.53 Å². The topological polar surface area (TPSA) is 80.2 Å². The van der Waals surface area contributed by atoms with Crippen LogP contribution in [0.4, 0.5) is 0 Å². The van der Waals surface area contributed by atoms with E-state index >= 15 is 0 Å². The van der Waals surface area contributed by atoms with E-state index in [1.807, 2.05) is 35.9 Å². The van der Waals surface area contributed by atoms with Gasteiger partial charge < -0.3 is 10.1 Å². The molecular weight excluding hydrogens is 342 g/mol. The van der Waals surface area contributed by atoms with Gasteiger partial charge in [0, 0.05) is 18.3 Å². The van der Waals surface area contributed by atoms with E-state index in [-0.39, 0.29) is 18.0 Å². The Balaban J connectivity index is 1.51. The number of aryl methyl sites for hydroxylation is 1. The lowest BCUT2D eigenvalue weighted by Crippen LogP contribution is -2.44. The van der Waals surface area contributed by atoms with Crippen molar-refractivity contribution >= 4 is 5.91 Å². The minimum absolute atomic E-state index is 0.00476. The fourth-order valence-electron chi connectivity index (χ4n) is 3.68. The monoisotopic (exact) mass is 371 g/mol. The van der Waals surface area contributed by atoms with Crippen molar-refractivity contribution in [3.05, 3.63) is 46.8 Å². The number of nitrogens with one attached hydrogen (secondary N) is 3. The number of rotatable bonds is 7. The number of methoxy groups -OCH3 is 1. The van der Waals surface area contributed by atoms with Gasteiger partial charge >= 0.3 is 0 Å². The van der Waals surface area contributed by atoms with Crippen molar-refractivity contribution in [2.75, 3.05) is 13.7 Å². The van der Waals surface area contributed by atoms with Crippen LogP contribution in [0.5, 0.6) is 5.75 Å². The molecule has 1 aromatic carbocycles. The highest BCUT2D eigenvalue weighted by Gasteiger charge is 2.30. The first kappa shape index (κ1) is 19.4. The molecule has 1 amide bonds. The van der Waals surface area contributed by atoms with Crippen molar-refractivity contribution in [1.82, 2.24) is 25.9 Å². The van der Waals surface area contributed by atoms with Crippen LogP contribution in [0.25, 0.3) is 0 Å². The molecular formula is C20H29N5O2. The Morgan fingerprint density at radius 1 is 1.37 bits per heavy atom. The summed E-state index contributed by atoms with van der Waals surface area (Å²) in [5.41, 5.74) is 11.0. The largest absolute Gasteiger partial charge is 0.497 e. The van der Waals surface area contributed by atoms with Crippen molar-refractivity contribution in [3.63, 3.8) is 0 Å². The predicted octanol–water partition coefficient (Wildman–Crippen LogP) is 1.79. The van der Waals surface area contributed by atoms with Gasteiger partial charge in [0.1, 0.15) is 11.8 Å². The second-order valence-electron chi connectivity index (χ2n) is 6.92. The van der Waals surface area contributed by atoms with Gasteiger partial charge in [0.2, 0.25) is 5.91 Å². The van der Waals surface area contributed by atoms with Crippen LogP contribution in [0.2, 0.25) is 0 Å². The second-order valence-corrected chi connectivity index (χ2v) is 6.92. The first-order chi connectivity index (χ1) is 13.0. The Hall–Kier alpha value is -2.38. The van der Waals surface area contributed by atoms with Gasteiger partial charge in [0.15, 0.2) is 0 Å². The summed E-state index contributed by atoms with van der Waals surface area (Å²) >= 11 is 0. The van der Waals surface area contributed by atoms with E-state index < -0.39 is 0 Å². The molecule has 1 aliphatic heterocycles. The molecule has 1 aliphatic rings. The molecule has 27 heavy (non-hydrogen) atoms. The molecule has 1 fully saturated rings. The van der Waals surface area contributed by atoms with Crippen molar-refractivity contribution in [2.24, 2.45) is 0 Å². The molecule has 146 valence electrons. The third-order valence-corrected chi connectivity index (χ3v) is 5.22. The number of hydrogen-bond donors (Lipinski definition) is 3. The first-order valence-corrected chi connectivity index (χ1v) is 9.49. The molecule has 1 aromatic heterocycles. The molecule has 2 aromatic rings. The molecule has 0 radical (unpaired) electrons. The maximum atomic E-state index is 12.5. The smallest absolute Gasteiger partial charge is 0.238 e. The van der Waals surface area contributed by atoms with Crippen molar-refractivity contribution in [3.8, 4) is 5.75 Å². The third-order valence-electron chi connectivity index (χ3n) is 5.22.